The van der Waals surface area contributed by atoms with Gasteiger partial charge in [-0.3, -0.25) is 4.90 Å². The molecule has 0 aliphatic carbocycles. The monoisotopic (exact) mass is 169 g/mol. The second-order valence-corrected chi connectivity index (χ2v) is 4.13. The van der Waals surface area contributed by atoms with E-state index in [4.69, 9.17) is 4.74 Å². The maximum Gasteiger partial charge on any atom is 0.0994 e. The minimum atomic E-state index is 0.752. The Kier molecular flexibility index (Phi) is 2.66. The van der Waals surface area contributed by atoms with E-state index in [2.05, 4.69) is 11.8 Å². The van der Waals surface area contributed by atoms with E-state index in [1.54, 1.807) is 0 Å². The highest BCUT2D eigenvalue weighted by Crippen LogP contribution is 2.26. The lowest BCUT2D eigenvalue weighted by Gasteiger charge is -2.38. The van der Waals surface area contributed by atoms with E-state index < -0.39 is 0 Å². The average Bonchev–Trinajstić information content (AvgIpc) is 2.30. The largest absolute Gasteiger partial charge is 0.366 e. The lowest BCUT2D eigenvalue weighted by Crippen LogP contribution is -2.45. The molecule has 2 heterocycles. The fraction of sp³-hybridized carbons (Fsp3) is 1.00. The minimum Gasteiger partial charge on any atom is -0.366 e. The first-order chi connectivity index (χ1) is 5.88. The predicted octanol–water partition coefficient (Wildman–Crippen LogP) is 2.00. The Labute approximate surface area is 74.9 Å². The summed E-state index contributed by atoms with van der Waals surface area (Å²) in [6.07, 6.45) is 6.79. The van der Waals surface area contributed by atoms with Crippen molar-refractivity contribution in [2.75, 3.05) is 13.3 Å². The number of hydrogen-bond donors (Lipinski definition) is 0. The van der Waals surface area contributed by atoms with Gasteiger partial charge in [0.2, 0.25) is 0 Å². The highest BCUT2D eigenvalue weighted by molar-refractivity contribution is 4.81. The molecule has 70 valence electrons. The van der Waals surface area contributed by atoms with Gasteiger partial charge in [0.25, 0.3) is 0 Å². The lowest BCUT2D eigenvalue weighted by atomic mass is 9.94. The van der Waals surface area contributed by atoms with Crippen LogP contribution in [0.3, 0.4) is 0 Å². The number of rotatable bonds is 0. The quantitative estimate of drug-likeness (QED) is 0.550. The molecule has 0 saturated carbocycles. The zero-order valence-corrected chi connectivity index (χ0v) is 7.96. The number of nitrogens with zero attached hydrogens (tertiary/aromatic N) is 1. The molecule has 0 aromatic heterocycles. The van der Waals surface area contributed by atoms with Gasteiger partial charge < -0.3 is 4.74 Å². The van der Waals surface area contributed by atoms with Crippen molar-refractivity contribution in [3.05, 3.63) is 0 Å². The van der Waals surface area contributed by atoms with Crippen molar-refractivity contribution in [1.29, 1.82) is 0 Å². The molecule has 12 heavy (non-hydrogen) atoms. The first-order valence-corrected chi connectivity index (χ1v) is 5.21. The second kappa shape index (κ2) is 3.75. The van der Waals surface area contributed by atoms with Crippen molar-refractivity contribution in [2.24, 2.45) is 0 Å². The van der Waals surface area contributed by atoms with Crippen LogP contribution in [0.1, 0.15) is 39.0 Å². The van der Waals surface area contributed by atoms with Crippen LogP contribution < -0.4 is 0 Å². The standard InChI is InChI=1S/C10H19NO/c1-9-4-2-5-10-6-3-7-12-8-11(9)10/h9-10H,2-8H2,1H3/t9-,10-/m0/s1. The predicted molar refractivity (Wildman–Crippen MR) is 49.0 cm³/mol. The molecule has 0 spiro atoms. The molecule has 0 amide bonds. The Morgan fingerprint density at radius 1 is 1.17 bits per heavy atom. The summed E-state index contributed by atoms with van der Waals surface area (Å²) in [6.45, 7) is 4.19. The zero-order valence-electron chi connectivity index (χ0n) is 7.96. The van der Waals surface area contributed by atoms with Crippen LogP contribution in [0.25, 0.3) is 0 Å². The van der Waals surface area contributed by atoms with Gasteiger partial charge in [0.15, 0.2) is 0 Å². The third-order valence-corrected chi connectivity index (χ3v) is 3.26. The molecule has 2 aliphatic heterocycles. The SMILES string of the molecule is C[C@H]1CCC[C@H]2CCCOCN21. The smallest absolute Gasteiger partial charge is 0.0994 e. The van der Waals surface area contributed by atoms with E-state index in [0.717, 1.165) is 25.4 Å². The Morgan fingerprint density at radius 2 is 2.00 bits per heavy atom. The fourth-order valence-corrected chi connectivity index (χ4v) is 2.47. The van der Waals surface area contributed by atoms with Crippen LogP contribution in [0, 0.1) is 0 Å². The Balaban J connectivity index is 2.00. The van der Waals surface area contributed by atoms with Crippen LogP contribution in [0.4, 0.5) is 0 Å². The summed E-state index contributed by atoms with van der Waals surface area (Å²) in [6, 6.07) is 1.58. The normalized spacial score (nSPS) is 38.8. The van der Waals surface area contributed by atoms with Crippen molar-refractivity contribution in [2.45, 2.75) is 51.1 Å². The molecular weight excluding hydrogens is 150 g/mol. The van der Waals surface area contributed by atoms with Gasteiger partial charge in [-0.15, -0.1) is 0 Å². The summed E-state index contributed by atoms with van der Waals surface area (Å²) in [4.78, 5) is 2.55. The molecule has 0 radical (unpaired) electrons. The van der Waals surface area contributed by atoms with Crippen molar-refractivity contribution < 1.29 is 4.74 Å². The third kappa shape index (κ3) is 1.64. The molecule has 0 N–H and O–H groups in total. The molecule has 2 atom stereocenters. The van der Waals surface area contributed by atoms with Gasteiger partial charge in [-0.1, -0.05) is 6.42 Å². The van der Waals surface area contributed by atoms with Gasteiger partial charge in [0.05, 0.1) is 6.73 Å². The Hall–Kier alpha value is -0.0800. The molecule has 2 fully saturated rings. The van der Waals surface area contributed by atoms with Gasteiger partial charge in [-0.05, 0) is 32.6 Å². The highest BCUT2D eigenvalue weighted by atomic mass is 16.5. The summed E-state index contributed by atoms with van der Waals surface area (Å²) in [7, 11) is 0. The lowest BCUT2D eigenvalue weighted by molar-refractivity contribution is -0.0125. The van der Waals surface area contributed by atoms with Crippen molar-refractivity contribution in [3.8, 4) is 0 Å². The molecule has 0 aromatic rings. The van der Waals surface area contributed by atoms with Crippen LogP contribution in [-0.4, -0.2) is 30.3 Å². The van der Waals surface area contributed by atoms with E-state index in [1.165, 1.54) is 32.1 Å². The average molecular weight is 169 g/mol. The van der Waals surface area contributed by atoms with Gasteiger partial charge in [-0.25, -0.2) is 0 Å². The molecular formula is C10H19NO. The third-order valence-electron chi connectivity index (χ3n) is 3.26. The number of ether oxygens (including phenoxy) is 1. The van der Waals surface area contributed by atoms with E-state index in [1.807, 2.05) is 0 Å². The number of fused-ring (bicyclic) bond motifs is 1. The van der Waals surface area contributed by atoms with Gasteiger partial charge in [0, 0.05) is 18.7 Å². The summed E-state index contributed by atoms with van der Waals surface area (Å²) in [5.74, 6) is 0. The maximum absolute atomic E-state index is 5.56. The van der Waals surface area contributed by atoms with Gasteiger partial charge in [0.1, 0.15) is 0 Å². The summed E-state index contributed by atoms with van der Waals surface area (Å²) in [5.41, 5.74) is 0. The van der Waals surface area contributed by atoms with E-state index in [0.29, 0.717) is 0 Å². The van der Waals surface area contributed by atoms with Gasteiger partial charge >= 0.3 is 0 Å². The molecule has 2 nitrogen and oxygen atoms in total. The van der Waals surface area contributed by atoms with Crippen LogP contribution in [-0.2, 0) is 4.74 Å². The molecule has 2 aliphatic rings. The number of piperidine rings is 1. The van der Waals surface area contributed by atoms with E-state index in [9.17, 15) is 0 Å². The molecule has 2 saturated heterocycles. The fourth-order valence-electron chi connectivity index (χ4n) is 2.47. The van der Waals surface area contributed by atoms with Crippen molar-refractivity contribution in [3.63, 3.8) is 0 Å². The first kappa shape index (κ1) is 8.52. The summed E-state index contributed by atoms with van der Waals surface area (Å²) in [5, 5.41) is 0. The van der Waals surface area contributed by atoms with E-state index in [-0.39, 0.29) is 0 Å². The van der Waals surface area contributed by atoms with Gasteiger partial charge in [-0.2, -0.15) is 0 Å². The molecule has 2 heteroatoms. The summed E-state index contributed by atoms with van der Waals surface area (Å²) < 4.78 is 5.56. The minimum absolute atomic E-state index is 0.752. The zero-order chi connectivity index (χ0) is 8.39. The molecule has 0 unspecified atom stereocenters. The molecule has 0 bridgehead atoms. The first-order valence-electron chi connectivity index (χ1n) is 5.21. The van der Waals surface area contributed by atoms with Crippen LogP contribution >= 0.6 is 0 Å². The second-order valence-electron chi connectivity index (χ2n) is 4.13. The highest BCUT2D eigenvalue weighted by Gasteiger charge is 2.28. The molecule has 2 rings (SSSR count). The maximum atomic E-state index is 5.56. The number of hydrogen-bond acceptors (Lipinski definition) is 2. The molecule has 0 aromatic carbocycles. The Bertz CT molecular complexity index is 149. The van der Waals surface area contributed by atoms with Crippen molar-refractivity contribution in [1.82, 2.24) is 4.90 Å². The topological polar surface area (TPSA) is 12.5 Å². The van der Waals surface area contributed by atoms with E-state index >= 15 is 0 Å². The van der Waals surface area contributed by atoms with Crippen LogP contribution in [0.2, 0.25) is 0 Å². The van der Waals surface area contributed by atoms with Crippen molar-refractivity contribution >= 4 is 0 Å². The summed E-state index contributed by atoms with van der Waals surface area (Å²) >= 11 is 0. The Morgan fingerprint density at radius 3 is 2.92 bits per heavy atom. The van der Waals surface area contributed by atoms with Crippen LogP contribution in [0.5, 0.6) is 0 Å². The van der Waals surface area contributed by atoms with Crippen LogP contribution in [0.15, 0.2) is 0 Å².